The van der Waals surface area contributed by atoms with Crippen molar-refractivity contribution >= 4 is 29.1 Å². The SMILES string of the molecule is O=C(COc1ccc(Cl)c(Cl)c1)NCCOc1cccc(F)c1. The van der Waals surface area contributed by atoms with E-state index in [4.69, 9.17) is 32.7 Å². The number of carbonyl (C=O) groups excluding carboxylic acids is 1. The van der Waals surface area contributed by atoms with Crippen LogP contribution in [0.15, 0.2) is 42.5 Å². The minimum atomic E-state index is -0.374. The quantitative estimate of drug-likeness (QED) is 0.768. The van der Waals surface area contributed by atoms with E-state index in [1.165, 1.54) is 18.2 Å². The predicted octanol–water partition coefficient (Wildman–Crippen LogP) is 3.71. The average molecular weight is 358 g/mol. The fourth-order valence-corrected chi connectivity index (χ4v) is 1.97. The van der Waals surface area contributed by atoms with Gasteiger partial charge in [0.15, 0.2) is 6.61 Å². The normalized spacial score (nSPS) is 10.2. The molecule has 4 nitrogen and oxygen atoms in total. The highest BCUT2D eigenvalue weighted by Gasteiger charge is 2.05. The number of hydrogen-bond donors (Lipinski definition) is 1. The highest BCUT2D eigenvalue weighted by molar-refractivity contribution is 6.42. The second-order valence-corrected chi connectivity index (χ2v) is 5.33. The van der Waals surface area contributed by atoms with Gasteiger partial charge in [0.2, 0.25) is 0 Å². The minimum Gasteiger partial charge on any atom is -0.492 e. The summed E-state index contributed by atoms with van der Waals surface area (Å²) in [4.78, 5) is 11.6. The fourth-order valence-electron chi connectivity index (χ4n) is 1.68. The smallest absolute Gasteiger partial charge is 0.258 e. The van der Waals surface area contributed by atoms with Gasteiger partial charge >= 0.3 is 0 Å². The second kappa shape index (κ2) is 8.60. The molecule has 1 amide bonds. The molecule has 0 fully saturated rings. The lowest BCUT2D eigenvalue weighted by Crippen LogP contribution is -2.32. The minimum absolute atomic E-state index is 0.155. The van der Waals surface area contributed by atoms with E-state index in [2.05, 4.69) is 5.32 Å². The first-order valence-corrected chi connectivity index (χ1v) is 7.53. The van der Waals surface area contributed by atoms with Crippen molar-refractivity contribution < 1.29 is 18.7 Å². The Morgan fingerprint density at radius 1 is 1.04 bits per heavy atom. The van der Waals surface area contributed by atoms with E-state index in [1.807, 2.05) is 0 Å². The van der Waals surface area contributed by atoms with Gasteiger partial charge in [0.05, 0.1) is 16.6 Å². The van der Waals surface area contributed by atoms with Crippen molar-refractivity contribution in [2.24, 2.45) is 0 Å². The standard InChI is InChI=1S/C16H14Cl2FNO3/c17-14-5-4-13(9-15(14)18)23-10-16(21)20-6-7-22-12-3-1-2-11(19)8-12/h1-5,8-9H,6-7,10H2,(H,20,21). The zero-order valence-corrected chi connectivity index (χ0v) is 13.5. The van der Waals surface area contributed by atoms with Crippen molar-refractivity contribution in [2.75, 3.05) is 19.8 Å². The predicted molar refractivity (Wildman–Crippen MR) is 86.9 cm³/mol. The summed E-state index contributed by atoms with van der Waals surface area (Å²) in [5.74, 6) is 0.178. The molecule has 1 N–H and O–H groups in total. The lowest BCUT2D eigenvalue weighted by atomic mass is 10.3. The van der Waals surface area contributed by atoms with Crippen molar-refractivity contribution in [3.63, 3.8) is 0 Å². The summed E-state index contributed by atoms with van der Waals surface area (Å²) < 4.78 is 23.5. The molecule has 0 saturated heterocycles. The van der Waals surface area contributed by atoms with Gasteiger partial charge in [0, 0.05) is 12.1 Å². The van der Waals surface area contributed by atoms with Crippen LogP contribution in [-0.4, -0.2) is 25.7 Å². The van der Waals surface area contributed by atoms with Crippen LogP contribution in [-0.2, 0) is 4.79 Å². The molecule has 0 aliphatic carbocycles. The number of nitrogens with one attached hydrogen (secondary N) is 1. The fraction of sp³-hybridized carbons (Fsp3) is 0.188. The van der Waals surface area contributed by atoms with E-state index in [-0.39, 0.29) is 31.5 Å². The molecule has 2 aromatic carbocycles. The molecule has 2 rings (SSSR count). The van der Waals surface area contributed by atoms with E-state index < -0.39 is 0 Å². The second-order valence-electron chi connectivity index (χ2n) is 4.52. The summed E-state index contributed by atoms with van der Waals surface area (Å²) in [7, 11) is 0. The molecule has 7 heteroatoms. The van der Waals surface area contributed by atoms with Crippen molar-refractivity contribution in [1.82, 2.24) is 5.32 Å². The topological polar surface area (TPSA) is 47.6 Å². The molecule has 2 aromatic rings. The molecular weight excluding hydrogens is 344 g/mol. The molecule has 0 heterocycles. The van der Waals surface area contributed by atoms with Gasteiger partial charge in [0.1, 0.15) is 23.9 Å². The molecule has 23 heavy (non-hydrogen) atoms. The van der Waals surface area contributed by atoms with Crippen molar-refractivity contribution in [3.05, 3.63) is 58.3 Å². The van der Waals surface area contributed by atoms with Crippen molar-refractivity contribution in [3.8, 4) is 11.5 Å². The monoisotopic (exact) mass is 357 g/mol. The van der Waals surface area contributed by atoms with Gasteiger partial charge in [-0.3, -0.25) is 4.79 Å². The molecule has 0 atom stereocenters. The lowest BCUT2D eigenvalue weighted by molar-refractivity contribution is -0.123. The zero-order chi connectivity index (χ0) is 16.7. The molecule has 0 aliphatic heterocycles. The molecule has 0 aliphatic rings. The molecule has 122 valence electrons. The van der Waals surface area contributed by atoms with Gasteiger partial charge in [-0.25, -0.2) is 4.39 Å². The van der Waals surface area contributed by atoms with E-state index in [0.29, 0.717) is 21.5 Å². The van der Waals surface area contributed by atoms with Crippen LogP contribution < -0.4 is 14.8 Å². The summed E-state index contributed by atoms with van der Waals surface area (Å²) in [6, 6.07) is 10.5. The van der Waals surface area contributed by atoms with Crippen LogP contribution in [0.5, 0.6) is 11.5 Å². The summed E-state index contributed by atoms with van der Waals surface area (Å²) in [5, 5.41) is 3.39. The number of amides is 1. The molecule has 0 unspecified atom stereocenters. The van der Waals surface area contributed by atoms with Gasteiger partial charge in [-0.2, -0.15) is 0 Å². The Labute approximate surface area is 143 Å². The van der Waals surface area contributed by atoms with Crippen LogP contribution in [0.3, 0.4) is 0 Å². The first-order chi connectivity index (χ1) is 11.0. The highest BCUT2D eigenvalue weighted by Crippen LogP contribution is 2.26. The van der Waals surface area contributed by atoms with E-state index in [1.54, 1.807) is 24.3 Å². The van der Waals surface area contributed by atoms with Gasteiger partial charge in [0.25, 0.3) is 5.91 Å². The van der Waals surface area contributed by atoms with Crippen LogP contribution >= 0.6 is 23.2 Å². The van der Waals surface area contributed by atoms with Crippen LogP contribution in [0.25, 0.3) is 0 Å². The number of hydrogen-bond acceptors (Lipinski definition) is 3. The van der Waals surface area contributed by atoms with Crippen molar-refractivity contribution in [2.45, 2.75) is 0 Å². The Bertz CT molecular complexity index is 682. The third-order valence-corrected chi connectivity index (χ3v) is 3.49. The van der Waals surface area contributed by atoms with Crippen LogP contribution in [0.1, 0.15) is 0 Å². The summed E-state index contributed by atoms with van der Waals surface area (Å²) >= 11 is 11.6. The molecule has 0 saturated carbocycles. The van der Waals surface area contributed by atoms with Crippen LogP contribution in [0, 0.1) is 5.82 Å². The number of carbonyl (C=O) groups is 1. The van der Waals surface area contributed by atoms with Crippen molar-refractivity contribution in [1.29, 1.82) is 0 Å². The third-order valence-electron chi connectivity index (χ3n) is 2.75. The largest absolute Gasteiger partial charge is 0.492 e. The first-order valence-electron chi connectivity index (χ1n) is 6.77. The van der Waals surface area contributed by atoms with Crippen LogP contribution in [0.4, 0.5) is 4.39 Å². The number of rotatable bonds is 7. The maximum absolute atomic E-state index is 12.9. The van der Waals surface area contributed by atoms with Gasteiger partial charge in [-0.15, -0.1) is 0 Å². The summed E-state index contributed by atoms with van der Waals surface area (Å²) in [6.07, 6.45) is 0. The molecule has 0 spiro atoms. The Hall–Kier alpha value is -1.98. The van der Waals surface area contributed by atoms with Gasteiger partial charge < -0.3 is 14.8 Å². The number of halogens is 3. The van der Waals surface area contributed by atoms with E-state index in [9.17, 15) is 9.18 Å². The Balaban J connectivity index is 1.66. The highest BCUT2D eigenvalue weighted by atomic mass is 35.5. The average Bonchev–Trinajstić information content (AvgIpc) is 2.53. The van der Waals surface area contributed by atoms with E-state index >= 15 is 0 Å². The lowest BCUT2D eigenvalue weighted by Gasteiger charge is -2.09. The first kappa shape index (κ1) is 17.4. The van der Waals surface area contributed by atoms with Gasteiger partial charge in [-0.1, -0.05) is 29.3 Å². The maximum Gasteiger partial charge on any atom is 0.258 e. The van der Waals surface area contributed by atoms with E-state index in [0.717, 1.165) is 0 Å². The molecule has 0 aromatic heterocycles. The number of ether oxygens (including phenoxy) is 2. The molecular formula is C16H14Cl2FNO3. The maximum atomic E-state index is 12.9. The summed E-state index contributed by atoms with van der Waals surface area (Å²) in [6.45, 7) is 0.347. The molecule has 0 bridgehead atoms. The van der Waals surface area contributed by atoms with Gasteiger partial charge in [-0.05, 0) is 24.3 Å². The number of benzene rings is 2. The Morgan fingerprint density at radius 2 is 1.83 bits per heavy atom. The third kappa shape index (κ3) is 5.96. The Kier molecular flexibility index (Phi) is 6.50. The zero-order valence-electron chi connectivity index (χ0n) is 12.0. The Morgan fingerprint density at radius 3 is 2.57 bits per heavy atom. The van der Waals surface area contributed by atoms with Crippen LogP contribution in [0.2, 0.25) is 10.0 Å². The molecule has 0 radical (unpaired) electrons. The summed E-state index contributed by atoms with van der Waals surface area (Å²) in [5.41, 5.74) is 0.